The summed E-state index contributed by atoms with van der Waals surface area (Å²) in [6.07, 6.45) is -1.02. The SMILES string of the molecule is CCOC(=O)c1[nH]c(C)c(C(=O)O[C@@H](C)C(=O)NCc2ccccc2OC)c1C. The van der Waals surface area contributed by atoms with E-state index in [4.69, 9.17) is 14.2 Å². The molecule has 2 rings (SSSR count). The minimum Gasteiger partial charge on any atom is -0.496 e. The van der Waals surface area contributed by atoms with Crippen LogP contribution in [0.15, 0.2) is 24.3 Å². The van der Waals surface area contributed by atoms with Crippen molar-refractivity contribution >= 4 is 17.8 Å². The van der Waals surface area contributed by atoms with Gasteiger partial charge in [0.15, 0.2) is 6.10 Å². The second-order valence-electron chi connectivity index (χ2n) is 6.42. The van der Waals surface area contributed by atoms with Gasteiger partial charge in [-0.2, -0.15) is 0 Å². The summed E-state index contributed by atoms with van der Waals surface area (Å²) in [7, 11) is 1.55. The van der Waals surface area contributed by atoms with Crippen molar-refractivity contribution in [2.24, 2.45) is 0 Å². The number of methoxy groups -OCH3 is 1. The molecule has 0 aliphatic carbocycles. The van der Waals surface area contributed by atoms with E-state index in [1.807, 2.05) is 18.2 Å². The zero-order valence-electron chi connectivity index (χ0n) is 17.3. The normalized spacial score (nSPS) is 11.5. The molecule has 1 aromatic carbocycles. The van der Waals surface area contributed by atoms with Gasteiger partial charge < -0.3 is 24.5 Å². The number of carbonyl (C=O) groups is 3. The average Bonchev–Trinajstić information content (AvgIpc) is 3.00. The number of amides is 1. The maximum Gasteiger partial charge on any atom is 0.355 e. The highest BCUT2D eigenvalue weighted by atomic mass is 16.5. The summed E-state index contributed by atoms with van der Waals surface area (Å²) in [6.45, 7) is 6.92. The van der Waals surface area contributed by atoms with Crippen LogP contribution in [0.4, 0.5) is 0 Å². The number of aromatic amines is 1. The van der Waals surface area contributed by atoms with Gasteiger partial charge >= 0.3 is 11.9 Å². The number of ether oxygens (including phenoxy) is 3. The molecule has 2 N–H and O–H groups in total. The van der Waals surface area contributed by atoms with Gasteiger partial charge in [-0.05, 0) is 39.3 Å². The molecule has 0 bridgehead atoms. The van der Waals surface area contributed by atoms with Crippen molar-refractivity contribution in [1.82, 2.24) is 10.3 Å². The van der Waals surface area contributed by atoms with Gasteiger partial charge in [-0.15, -0.1) is 0 Å². The van der Waals surface area contributed by atoms with Crippen LogP contribution in [0, 0.1) is 13.8 Å². The topological polar surface area (TPSA) is 107 Å². The first kappa shape index (κ1) is 22.0. The van der Waals surface area contributed by atoms with Gasteiger partial charge in [0.05, 0.1) is 19.3 Å². The molecule has 0 saturated heterocycles. The molecule has 0 fully saturated rings. The van der Waals surface area contributed by atoms with Crippen LogP contribution in [0.1, 0.15) is 51.5 Å². The first-order chi connectivity index (χ1) is 13.8. The fourth-order valence-electron chi connectivity index (χ4n) is 2.91. The number of nitrogens with one attached hydrogen (secondary N) is 2. The number of hydrogen-bond acceptors (Lipinski definition) is 6. The molecule has 0 saturated carbocycles. The van der Waals surface area contributed by atoms with E-state index in [0.29, 0.717) is 17.0 Å². The number of H-pyrrole nitrogens is 1. The largest absolute Gasteiger partial charge is 0.496 e. The molecule has 0 spiro atoms. The summed E-state index contributed by atoms with van der Waals surface area (Å²) in [6, 6.07) is 7.30. The second kappa shape index (κ2) is 9.77. The third-order valence-electron chi connectivity index (χ3n) is 4.42. The number of carbonyl (C=O) groups excluding carboxylic acids is 3. The molecule has 0 aliphatic rings. The minimum absolute atomic E-state index is 0.199. The molecule has 2 aromatic rings. The van der Waals surface area contributed by atoms with E-state index in [2.05, 4.69) is 10.3 Å². The Bertz CT molecular complexity index is 903. The van der Waals surface area contributed by atoms with Crippen LogP contribution in [-0.2, 0) is 20.8 Å². The summed E-state index contributed by atoms with van der Waals surface area (Å²) >= 11 is 0. The Hall–Kier alpha value is -3.29. The molecule has 1 aromatic heterocycles. The lowest BCUT2D eigenvalue weighted by Gasteiger charge is -2.15. The third-order valence-corrected chi connectivity index (χ3v) is 4.42. The summed E-state index contributed by atoms with van der Waals surface area (Å²) in [4.78, 5) is 39.7. The van der Waals surface area contributed by atoms with E-state index in [-0.39, 0.29) is 24.4 Å². The lowest BCUT2D eigenvalue weighted by atomic mass is 10.1. The molecule has 156 valence electrons. The van der Waals surface area contributed by atoms with Crippen LogP contribution in [0.25, 0.3) is 0 Å². The van der Waals surface area contributed by atoms with E-state index in [0.717, 1.165) is 5.56 Å². The maximum atomic E-state index is 12.6. The van der Waals surface area contributed by atoms with Gasteiger partial charge in [0.1, 0.15) is 11.4 Å². The van der Waals surface area contributed by atoms with Crippen LogP contribution in [0.3, 0.4) is 0 Å². The summed E-state index contributed by atoms with van der Waals surface area (Å²) in [5.74, 6) is -1.02. The lowest BCUT2D eigenvalue weighted by molar-refractivity contribution is -0.129. The molecule has 1 heterocycles. The van der Waals surface area contributed by atoms with Crippen molar-refractivity contribution in [3.63, 3.8) is 0 Å². The maximum absolute atomic E-state index is 12.6. The van der Waals surface area contributed by atoms with Gasteiger partial charge in [-0.25, -0.2) is 9.59 Å². The van der Waals surface area contributed by atoms with Crippen molar-refractivity contribution < 1.29 is 28.6 Å². The zero-order chi connectivity index (χ0) is 21.6. The van der Waals surface area contributed by atoms with Gasteiger partial charge in [0.25, 0.3) is 5.91 Å². The zero-order valence-corrected chi connectivity index (χ0v) is 17.3. The van der Waals surface area contributed by atoms with Crippen molar-refractivity contribution in [1.29, 1.82) is 0 Å². The van der Waals surface area contributed by atoms with Gasteiger partial charge in [-0.3, -0.25) is 4.79 Å². The monoisotopic (exact) mass is 402 g/mol. The second-order valence-corrected chi connectivity index (χ2v) is 6.42. The van der Waals surface area contributed by atoms with E-state index in [9.17, 15) is 14.4 Å². The Labute approximate surface area is 169 Å². The summed E-state index contributed by atoms with van der Waals surface area (Å²) in [5, 5.41) is 2.72. The predicted octanol–water partition coefficient (Wildman–Crippen LogP) is 2.68. The molecule has 1 amide bonds. The molecule has 0 unspecified atom stereocenters. The highest BCUT2D eigenvalue weighted by Gasteiger charge is 2.26. The van der Waals surface area contributed by atoms with E-state index in [1.165, 1.54) is 6.92 Å². The molecule has 8 nitrogen and oxygen atoms in total. The average molecular weight is 402 g/mol. The standard InChI is InChI=1S/C21H26N2O6/c1-6-28-21(26)18-12(2)17(13(3)23-18)20(25)29-14(4)19(24)22-11-15-9-7-8-10-16(15)27-5/h7-10,14,23H,6,11H2,1-5H3,(H,22,24)/t14-/m0/s1. The number of hydrogen-bond donors (Lipinski definition) is 2. The molecule has 0 radical (unpaired) electrons. The van der Waals surface area contributed by atoms with Crippen LogP contribution < -0.4 is 10.1 Å². The number of rotatable bonds is 8. The first-order valence-corrected chi connectivity index (χ1v) is 9.26. The van der Waals surface area contributed by atoms with E-state index >= 15 is 0 Å². The van der Waals surface area contributed by atoms with Crippen molar-refractivity contribution in [2.45, 2.75) is 40.3 Å². The fourth-order valence-corrected chi connectivity index (χ4v) is 2.91. The highest BCUT2D eigenvalue weighted by molar-refractivity contribution is 5.99. The van der Waals surface area contributed by atoms with Crippen LogP contribution >= 0.6 is 0 Å². The Balaban J connectivity index is 2.03. The number of aromatic nitrogens is 1. The number of benzene rings is 1. The molecular formula is C21H26N2O6. The third kappa shape index (κ3) is 5.16. The Morgan fingerprint density at radius 2 is 1.83 bits per heavy atom. The van der Waals surface area contributed by atoms with Crippen LogP contribution in [0.2, 0.25) is 0 Å². The minimum atomic E-state index is -1.02. The Kier molecular flexibility index (Phi) is 7.41. The van der Waals surface area contributed by atoms with E-state index in [1.54, 1.807) is 33.9 Å². The fraction of sp³-hybridized carbons (Fsp3) is 0.381. The highest BCUT2D eigenvalue weighted by Crippen LogP contribution is 2.21. The van der Waals surface area contributed by atoms with Gasteiger partial charge in [0, 0.05) is 17.8 Å². The van der Waals surface area contributed by atoms with Gasteiger partial charge in [-0.1, -0.05) is 18.2 Å². The summed E-state index contributed by atoms with van der Waals surface area (Å²) in [5.41, 5.74) is 2.12. The molecule has 29 heavy (non-hydrogen) atoms. The lowest BCUT2D eigenvalue weighted by Crippen LogP contribution is -2.35. The van der Waals surface area contributed by atoms with Crippen molar-refractivity contribution in [3.05, 3.63) is 52.3 Å². The van der Waals surface area contributed by atoms with Crippen LogP contribution in [-0.4, -0.2) is 42.7 Å². The molecule has 1 atom stereocenters. The smallest absolute Gasteiger partial charge is 0.355 e. The summed E-state index contributed by atoms with van der Waals surface area (Å²) < 4.78 is 15.5. The predicted molar refractivity (Wildman–Crippen MR) is 106 cm³/mol. The number of esters is 2. The number of para-hydroxylation sites is 1. The molecular weight excluding hydrogens is 376 g/mol. The number of aryl methyl sites for hydroxylation is 1. The van der Waals surface area contributed by atoms with Gasteiger partial charge in [0.2, 0.25) is 0 Å². The quantitative estimate of drug-likeness (QED) is 0.658. The molecule has 8 heteroatoms. The van der Waals surface area contributed by atoms with Crippen molar-refractivity contribution in [3.8, 4) is 5.75 Å². The Morgan fingerprint density at radius 1 is 1.14 bits per heavy atom. The van der Waals surface area contributed by atoms with E-state index < -0.39 is 23.9 Å². The first-order valence-electron chi connectivity index (χ1n) is 9.26. The molecule has 0 aliphatic heterocycles. The van der Waals surface area contributed by atoms with Crippen molar-refractivity contribution in [2.75, 3.05) is 13.7 Å². The van der Waals surface area contributed by atoms with Crippen LogP contribution in [0.5, 0.6) is 5.75 Å². The Morgan fingerprint density at radius 3 is 2.48 bits per heavy atom.